The van der Waals surface area contributed by atoms with Gasteiger partial charge in [-0.1, -0.05) is 12.2 Å². The summed E-state index contributed by atoms with van der Waals surface area (Å²) in [6.45, 7) is 3.48. The van der Waals surface area contributed by atoms with Crippen LogP contribution in [0.2, 0.25) is 0 Å². The number of amides is 3. The number of carbonyl (C=O) groups excluding carboxylic acids is 3. The van der Waals surface area contributed by atoms with E-state index in [1.165, 1.54) is 14.7 Å². The lowest BCUT2D eigenvalue weighted by Gasteiger charge is -2.33. The normalized spacial score (nSPS) is 15.5. The Balaban J connectivity index is 2.52. The van der Waals surface area contributed by atoms with Crippen molar-refractivity contribution in [2.24, 2.45) is 5.73 Å². The van der Waals surface area contributed by atoms with Crippen molar-refractivity contribution in [3.8, 4) is 0 Å². The monoisotopic (exact) mass is 300 g/mol. The van der Waals surface area contributed by atoms with Crippen molar-refractivity contribution < 1.29 is 14.4 Å². The minimum Gasteiger partial charge on any atom is -0.393 e. The Morgan fingerprint density at radius 2 is 1.85 bits per heavy atom. The highest BCUT2D eigenvalue weighted by Gasteiger charge is 2.32. The number of hydrogen-bond donors (Lipinski definition) is 1. The maximum Gasteiger partial charge on any atom is 0.312 e. The van der Waals surface area contributed by atoms with E-state index in [0.717, 1.165) is 0 Å². The first kappa shape index (κ1) is 16.4. The van der Waals surface area contributed by atoms with E-state index in [9.17, 15) is 14.4 Å². The third-order valence-corrected chi connectivity index (χ3v) is 3.43. The van der Waals surface area contributed by atoms with Crippen LogP contribution in [0.15, 0.2) is 0 Å². The Kier molecular flexibility index (Phi) is 5.87. The van der Waals surface area contributed by atoms with E-state index < -0.39 is 11.8 Å². The van der Waals surface area contributed by atoms with E-state index in [1.807, 2.05) is 6.92 Å². The quantitative estimate of drug-likeness (QED) is 0.492. The van der Waals surface area contributed by atoms with Gasteiger partial charge in [-0.3, -0.25) is 14.4 Å². The summed E-state index contributed by atoms with van der Waals surface area (Å²) in [5.41, 5.74) is 5.37. The fourth-order valence-corrected chi connectivity index (χ4v) is 1.95. The molecule has 0 atom stereocenters. The standard InChI is InChI=1S/C12H20N4O3S/c1-3-15-6-7-16(12(19)11(15)18)8-10(17)14(2)5-4-9(13)20/h3-8H2,1-2H3,(H2,13,20). The number of carbonyl (C=O) groups is 3. The van der Waals surface area contributed by atoms with Crippen molar-refractivity contribution in [1.82, 2.24) is 14.7 Å². The van der Waals surface area contributed by atoms with E-state index in [-0.39, 0.29) is 12.5 Å². The predicted molar refractivity (Wildman–Crippen MR) is 77.9 cm³/mol. The summed E-state index contributed by atoms with van der Waals surface area (Å²) in [6, 6.07) is 0. The van der Waals surface area contributed by atoms with E-state index in [4.69, 9.17) is 18.0 Å². The number of hydrogen-bond acceptors (Lipinski definition) is 4. The van der Waals surface area contributed by atoms with Gasteiger partial charge in [-0.15, -0.1) is 0 Å². The van der Waals surface area contributed by atoms with Gasteiger partial charge in [0.25, 0.3) is 0 Å². The van der Waals surface area contributed by atoms with Gasteiger partial charge in [0.1, 0.15) is 6.54 Å². The first-order chi connectivity index (χ1) is 9.36. The Morgan fingerprint density at radius 1 is 1.30 bits per heavy atom. The van der Waals surface area contributed by atoms with Gasteiger partial charge in [0.2, 0.25) is 5.91 Å². The average Bonchev–Trinajstić information content (AvgIpc) is 2.41. The molecular weight excluding hydrogens is 280 g/mol. The predicted octanol–water partition coefficient (Wildman–Crippen LogP) is -1.19. The summed E-state index contributed by atoms with van der Waals surface area (Å²) in [6.07, 6.45) is 0.439. The molecule has 0 aromatic heterocycles. The molecule has 0 unspecified atom stereocenters. The molecule has 1 aliphatic heterocycles. The van der Waals surface area contributed by atoms with Gasteiger partial charge in [-0.2, -0.15) is 0 Å². The summed E-state index contributed by atoms with van der Waals surface area (Å²) in [5, 5.41) is 0. The minimum absolute atomic E-state index is 0.0873. The molecule has 1 aliphatic rings. The fourth-order valence-electron chi connectivity index (χ4n) is 1.85. The van der Waals surface area contributed by atoms with Crippen LogP contribution in [0, 0.1) is 0 Å². The topological polar surface area (TPSA) is 86.9 Å². The molecule has 1 saturated heterocycles. The van der Waals surface area contributed by atoms with E-state index >= 15 is 0 Å². The molecule has 0 spiro atoms. The molecule has 112 valence electrons. The smallest absolute Gasteiger partial charge is 0.312 e. The zero-order valence-corrected chi connectivity index (χ0v) is 12.6. The molecule has 0 aliphatic carbocycles. The molecule has 1 heterocycles. The van der Waals surface area contributed by atoms with Crippen LogP contribution in [0.1, 0.15) is 13.3 Å². The molecule has 3 amide bonds. The van der Waals surface area contributed by atoms with Gasteiger partial charge < -0.3 is 20.4 Å². The van der Waals surface area contributed by atoms with Crippen LogP contribution in [-0.4, -0.2) is 77.2 Å². The van der Waals surface area contributed by atoms with Gasteiger partial charge in [0.05, 0.1) is 4.99 Å². The average molecular weight is 300 g/mol. The fraction of sp³-hybridized carbons (Fsp3) is 0.667. The SMILES string of the molecule is CCN1CCN(CC(=O)N(C)CCC(N)=S)C(=O)C1=O. The van der Waals surface area contributed by atoms with Crippen LogP contribution in [0.5, 0.6) is 0 Å². The van der Waals surface area contributed by atoms with Gasteiger partial charge >= 0.3 is 11.8 Å². The minimum atomic E-state index is -0.616. The third kappa shape index (κ3) is 4.16. The zero-order chi connectivity index (χ0) is 15.3. The summed E-state index contributed by atoms with van der Waals surface area (Å²) < 4.78 is 0. The maximum atomic E-state index is 12.0. The highest BCUT2D eigenvalue weighted by Crippen LogP contribution is 2.05. The maximum absolute atomic E-state index is 12.0. The van der Waals surface area contributed by atoms with Gasteiger partial charge in [-0.05, 0) is 6.92 Å². The molecule has 0 radical (unpaired) electrons. The number of thiocarbonyl (C=S) groups is 1. The number of nitrogens with two attached hydrogens (primary N) is 1. The molecular formula is C12H20N4O3S. The van der Waals surface area contributed by atoms with Crippen LogP contribution in [0.4, 0.5) is 0 Å². The Morgan fingerprint density at radius 3 is 2.40 bits per heavy atom. The van der Waals surface area contributed by atoms with Gasteiger partial charge in [0, 0.05) is 39.6 Å². The summed E-state index contributed by atoms with van der Waals surface area (Å²) in [5.74, 6) is -1.39. The van der Waals surface area contributed by atoms with Crippen molar-refractivity contribution in [3.63, 3.8) is 0 Å². The molecule has 8 heteroatoms. The first-order valence-corrected chi connectivity index (χ1v) is 6.88. The lowest BCUT2D eigenvalue weighted by Crippen LogP contribution is -2.56. The Bertz CT molecular complexity index is 427. The van der Waals surface area contributed by atoms with Crippen molar-refractivity contribution in [1.29, 1.82) is 0 Å². The van der Waals surface area contributed by atoms with Crippen molar-refractivity contribution in [2.45, 2.75) is 13.3 Å². The molecule has 1 fully saturated rings. The molecule has 0 bridgehead atoms. The van der Waals surface area contributed by atoms with E-state index in [1.54, 1.807) is 7.05 Å². The summed E-state index contributed by atoms with van der Waals surface area (Å²) in [7, 11) is 1.62. The summed E-state index contributed by atoms with van der Waals surface area (Å²) in [4.78, 5) is 40.1. The van der Waals surface area contributed by atoms with Crippen molar-refractivity contribution >= 4 is 34.9 Å². The van der Waals surface area contributed by atoms with Crippen LogP contribution in [0.25, 0.3) is 0 Å². The lowest BCUT2D eigenvalue weighted by atomic mass is 10.2. The molecule has 7 nitrogen and oxygen atoms in total. The number of nitrogens with zero attached hydrogens (tertiary/aromatic N) is 3. The number of likely N-dealkylation sites (N-methyl/N-ethyl adjacent to an activating group) is 2. The molecule has 2 N–H and O–H groups in total. The zero-order valence-electron chi connectivity index (χ0n) is 11.8. The molecule has 0 aromatic rings. The van der Waals surface area contributed by atoms with Crippen molar-refractivity contribution in [3.05, 3.63) is 0 Å². The lowest BCUT2D eigenvalue weighted by molar-refractivity contribution is -0.157. The van der Waals surface area contributed by atoms with Crippen molar-refractivity contribution in [2.75, 3.05) is 39.8 Å². The first-order valence-electron chi connectivity index (χ1n) is 6.47. The van der Waals surface area contributed by atoms with Gasteiger partial charge in [0.15, 0.2) is 0 Å². The number of rotatable bonds is 6. The molecule has 0 aromatic carbocycles. The van der Waals surface area contributed by atoms with Gasteiger partial charge in [-0.25, -0.2) is 0 Å². The highest BCUT2D eigenvalue weighted by atomic mass is 32.1. The van der Waals surface area contributed by atoms with Crippen LogP contribution in [0.3, 0.4) is 0 Å². The second-order valence-electron chi connectivity index (χ2n) is 4.64. The van der Waals surface area contributed by atoms with E-state index in [0.29, 0.717) is 37.6 Å². The second kappa shape index (κ2) is 7.18. The Labute approximate surface area is 123 Å². The third-order valence-electron chi connectivity index (χ3n) is 3.22. The Hall–Kier alpha value is -1.70. The molecule has 0 saturated carbocycles. The summed E-state index contributed by atoms with van der Waals surface area (Å²) >= 11 is 4.75. The van der Waals surface area contributed by atoms with E-state index in [2.05, 4.69) is 0 Å². The molecule has 20 heavy (non-hydrogen) atoms. The highest BCUT2D eigenvalue weighted by molar-refractivity contribution is 7.80. The number of piperazine rings is 1. The second-order valence-corrected chi connectivity index (χ2v) is 5.17. The largest absolute Gasteiger partial charge is 0.393 e. The molecule has 1 rings (SSSR count). The van der Waals surface area contributed by atoms with Crippen LogP contribution >= 0.6 is 12.2 Å². The van der Waals surface area contributed by atoms with Crippen LogP contribution in [-0.2, 0) is 14.4 Å². The van der Waals surface area contributed by atoms with Crippen LogP contribution < -0.4 is 5.73 Å².